The van der Waals surface area contributed by atoms with Gasteiger partial charge in [-0.05, 0) is 70.8 Å². The standard InChI is InChI=1S/C21H34N2O3.C9H17N.C2H6/c1-3-4-6-11-21(22-23(24)25)17(2)16-26-20-14-12-19(13-15-20)18-9-7-5-8-10-18;1-5-6-9(4)7-10-8(2)3;1-2/h5,7-10,17,19-22H,3-4,6,11-16H2,1-2H3;7H,5-6H2,1-4H3;1-2H3/b;9-7-;. The Labute approximate surface area is 233 Å². The molecule has 2 unspecified atom stereocenters. The zero-order valence-corrected chi connectivity index (χ0v) is 25.7. The molecule has 218 valence electrons. The topological polar surface area (TPSA) is 76.8 Å². The van der Waals surface area contributed by atoms with Gasteiger partial charge in [0, 0.05) is 17.8 Å². The van der Waals surface area contributed by atoms with Gasteiger partial charge in [0.15, 0.2) is 5.03 Å². The average Bonchev–Trinajstić information content (AvgIpc) is 2.92. The van der Waals surface area contributed by atoms with Gasteiger partial charge < -0.3 is 4.74 Å². The van der Waals surface area contributed by atoms with E-state index in [1.165, 1.54) is 17.6 Å². The first-order valence-electron chi connectivity index (χ1n) is 15.0. The van der Waals surface area contributed by atoms with Crippen LogP contribution in [0.5, 0.6) is 0 Å². The molecule has 1 aliphatic rings. The molecule has 1 fully saturated rings. The Kier molecular flexibility index (Phi) is 21.4. The number of aliphatic imine (C=N–C) groups is 1. The number of hydrazine groups is 1. The molecule has 1 aliphatic carbocycles. The van der Waals surface area contributed by atoms with Crippen molar-refractivity contribution in [3.05, 3.63) is 57.8 Å². The van der Waals surface area contributed by atoms with Gasteiger partial charge in [-0.1, -0.05) is 96.2 Å². The lowest BCUT2D eigenvalue weighted by atomic mass is 9.83. The van der Waals surface area contributed by atoms with Gasteiger partial charge in [0.1, 0.15) is 0 Å². The predicted molar refractivity (Wildman–Crippen MR) is 163 cm³/mol. The number of unbranched alkanes of at least 4 members (excludes halogenated alkanes) is 2. The van der Waals surface area contributed by atoms with E-state index in [1.54, 1.807) is 0 Å². The van der Waals surface area contributed by atoms with Crippen LogP contribution in [0.4, 0.5) is 0 Å². The molecular weight excluding hydrogens is 474 g/mol. The van der Waals surface area contributed by atoms with Crippen LogP contribution < -0.4 is 5.43 Å². The minimum atomic E-state index is -0.405. The van der Waals surface area contributed by atoms with Crippen LogP contribution >= 0.6 is 0 Å². The van der Waals surface area contributed by atoms with E-state index >= 15 is 0 Å². The molecular formula is C32H57N3O3. The SMILES string of the molecule is CC.CCC/C(C)=C\N=C(C)C.CCCCCC(N[N+](=O)[O-])C(C)COC1CCC(c2ccccc2)CC1. The normalized spacial score (nSPS) is 18.6. The molecule has 0 aliphatic heterocycles. The van der Waals surface area contributed by atoms with Gasteiger partial charge >= 0.3 is 0 Å². The molecule has 1 saturated carbocycles. The smallest absolute Gasteiger partial charge is 0.157 e. The van der Waals surface area contributed by atoms with Crippen molar-refractivity contribution in [1.29, 1.82) is 0 Å². The van der Waals surface area contributed by atoms with E-state index in [0.717, 1.165) is 63.5 Å². The molecule has 0 radical (unpaired) electrons. The van der Waals surface area contributed by atoms with Crippen LogP contribution in [-0.4, -0.2) is 29.5 Å². The van der Waals surface area contributed by atoms with Crippen molar-refractivity contribution in [3.63, 3.8) is 0 Å². The number of allylic oxidation sites excluding steroid dienone is 1. The Morgan fingerprint density at radius 3 is 2.24 bits per heavy atom. The van der Waals surface area contributed by atoms with Gasteiger partial charge in [0.2, 0.25) is 0 Å². The van der Waals surface area contributed by atoms with E-state index in [0.29, 0.717) is 18.6 Å². The monoisotopic (exact) mass is 531 g/mol. The third kappa shape index (κ3) is 17.3. The zero-order chi connectivity index (χ0) is 28.8. The fourth-order valence-corrected chi connectivity index (χ4v) is 4.62. The van der Waals surface area contributed by atoms with Crippen LogP contribution in [0, 0.1) is 16.0 Å². The molecule has 0 bridgehead atoms. The minimum Gasteiger partial charge on any atom is -0.378 e. The Bertz CT molecular complexity index is 767. The number of nitro groups is 1. The molecule has 2 rings (SSSR count). The summed E-state index contributed by atoms with van der Waals surface area (Å²) < 4.78 is 6.14. The highest BCUT2D eigenvalue weighted by atomic mass is 16.7. The van der Waals surface area contributed by atoms with Crippen LogP contribution in [0.25, 0.3) is 0 Å². The summed E-state index contributed by atoms with van der Waals surface area (Å²) in [6.07, 6.45) is 13.2. The summed E-state index contributed by atoms with van der Waals surface area (Å²) in [4.78, 5) is 15.1. The van der Waals surface area contributed by atoms with Crippen molar-refractivity contribution < 1.29 is 9.77 Å². The number of ether oxygens (including phenoxy) is 1. The highest BCUT2D eigenvalue weighted by molar-refractivity contribution is 5.79. The number of benzene rings is 1. The first kappa shape index (κ1) is 35.8. The van der Waals surface area contributed by atoms with Crippen LogP contribution in [0.15, 0.2) is 47.1 Å². The molecule has 1 aromatic rings. The maximum absolute atomic E-state index is 10.9. The van der Waals surface area contributed by atoms with Crippen molar-refractivity contribution in [2.24, 2.45) is 10.9 Å². The van der Waals surface area contributed by atoms with Gasteiger partial charge in [-0.25, -0.2) is 10.1 Å². The van der Waals surface area contributed by atoms with Crippen molar-refractivity contribution in [2.75, 3.05) is 6.61 Å². The van der Waals surface area contributed by atoms with Crippen molar-refractivity contribution in [2.45, 2.75) is 138 Å². The van der Waals surface area contributed by atoms with Crippen LogP contribution in [0.3, 0.4) is 0 Å². The number of rotatable bonds is 14. The second kappa shape index (κ2) is 22.7. The summed E-state index contributed by atoms with van der Waals surface area (Å²) in [7, 11) is 0. The Morgan fingerprint density at radius 1 is 1.08 bits per heavy atom. The van der Waals surface area contributed by atoms with E-state index in [4.69, 9.17) is 4.74 Å². The van der Waals surface area contributed by atoms with Crippen LogP contribution in [-0.2, 0) is 4.74 Å². The molecule has 2 atom stereocenters. The van der Waals surface area contributed by atoms with E-state index in [9.17, 15) is 10.1 Å². The summed E-state index contributed by atoms with van der Waals surface area (Å²) in [5.74, 6) is 0.788. The fourth-order valence-electron chi connectivity index (χ4n) is 4.62. The van der Waals surface area contributed by atoms with E-state index in [-0.39, 0.29) is 12.0 Å². The Morgan fingerprint density at radius 2 is 1.71 bits per heavy atom. The number of hydrogen-bond acceptors (Lipinski definition) is 4. The summed E-state index contributed by atoms with van der Waals surface area (Å²) in [6, 6.07) is 10.6. The second-order valence-electron chi connectivity index (χ2n) is 10.5. The van der Waals surface area contributed by atoms with Gasteiger partial charge in [0.25, 0.3) is 0 Å². The minimum absolute atomic E-state index is 0.114. The number of nitrogens with zero attached hydrogens (tertiary/aromatic N) is 2. The average molecular weight is 532 g/mol. The molecule has 6 nitrogen and oxygen atoms in total. The molecule has 0 heterocycles. The van der Waals surface area contributed by atoms with Gasteiger partial charge in [-0.2, -0.15) is 0 Å². The Balaban J connectivity index is 0.000000962. The van der Waals surface area contributed by atoms with E-state index in [1.807, 2.05) is 33.9 Å². The summed E-state index contributed by atoms with van der Waals surface area (Å²) in [5.41, 5.74) is 6.42. The van der Waals surface area contributed by atoms with Crippen LogP contribution in [0.1, 0.15) is 131 Å². The van der Waals surface area contributed by atoms with Gasteiger partial charge in [0.05, 0.1) is 18.8 Å². The van der Waals surface area contributed by atoms with Crippen LogP contribution in [0.2, 0.25) is 0 Å². The van der Waals surface area contributed by atoms with E-state index in [2.05, 4.69) is 68.4 Å². The number of hydrogen-bond donors (Lipinski definition) is 1. The largest absolute Gasteiger partial charge is 0.378 e. The molecule has 38 heavy (non-hydrogen) atoms. The van der Waals surface area contributed by atoms with Crippen molar-refractivity contribution >= 4 is 5.71 Å². The highest BCUT2D eigenvalue weighted by Crippen LogP contribution is 2.34. The molecule has 1 aromatic carbocycles. The maximum Gasteiger partial charge on any atom is 0.157 e. The summed E-state index contributed by atoms with van der Waals surface area (Å²) >= 11 is 0. The summed E-state index contributed by atoms with van der Waals surface area (Å²) in [6.45, 7) is 17.1. The molecule has 0 saturated heterocycles. The predicted octanol–water partition coefficient (Wildman–Crippen LogP) is 9.29. The van der Waals surface area contributed by atoms with Crippen molar-refractivity contribution in [3.8, 4) is 0 Å². The lowest BCUT2D eigenvalue weighted by Crippen LogP contribution is -2.41. The lowest BCUT2D eigenvalue weighted by Gasteiger charge is -2.30. The molecule has 6 heteroatoms. The van der Waals surface area contributed by atoms with Gasteiger partial charge in [-0.15, -0.1) is 5.43 Å². The highest BCUT2D eigenvalue weighted by Gasteiger charge is 2.26. The lowest BCUT2D eigenvalue weighted by molar-refractivity contribution is -0.553. The van der Waals surface area contributed by atoms with Gasteiger partial charge in [-0.3, -0.25) is 4.99 Å². The fraction of sp³-hybridized carbons (Fsp3) is 0.719. The quantitative estimate of drug-likeness (QED) is 0.112. The first-order valence-corrected chi connectivity index (χ1v) is 15.0. The summed E-state index contributed by atoms with van der Waals surface area (Å²) in [5, 5.41) is 10.5. The maximum atomic E-state index is 10.9. The third-order valence-corrected chi connectivity index (χ3v) is 6.80. The molecule has 0 amide bonds. The third-order valence-electron chi connectivity index (χ3n) is 6.80. The molecule has 1 N–H and O–H groups in total. The van der Waals surface area contributed by atoms with E-state index < -0.39 is 5.03 Å². The first-order chi connectivity index (χ1) is 18.3. The molecule has 0 aromatic heterocycles. The second-order valence-corrected chi connectivity index (χ2v) is 10.5. The number of nitrogens with one attached hydrogen (secondary N) is 1. The van der Waals surface area contributed by atoms with Crippen molar-refractivity contribution in [1.82, 2.24) is 5.43 Å². The zero-order valence-electron chi connectivity index (χ0n) is 25.7. The Hall–Kier alpha value is -2.21. The molecule has 0 spiro atoms.